The van der Waals surface area contributed by atoms with Crippen LogP contribution in [-0.2, 0) is 4.74 Å². The zero-order valence-electron chi connectivity index (χ0n) is 13.6. The fourth-order valence-corrected chi connectivity index (χ4v) is 3.74. The summed E-state index contributed by atoms with van der Waals surface area (Å²) in [5, 5.41) is 14.3. The lowest BCUT2D eigenvalue weighted by Gasteiger charge is -2.29. The highest BCUT2D eigenvalue weighted by Crippen LogP contribution is 2.26. The van der Waals surface area contributed by atoms with Crippen molar-refractivity contribution in [3.05, 3.63) is 0 Å². The van der Waals surface area contributed by atoms with Gasteiger partial charge in [-0.25, -0.2) is 0 Å². The maximum Gasteiger partial charge on any atom is 0.0897 e. The van der Waals surface area contributed by atoms with E-state index in [1.165, 1.54) is 25.7 Å². The molecule has 1 aliphatic rings. The van der Waals surface area contributed by atoms with E-state index >= 15 is 0 Å². The number of hydrogen-bond acceptors (Lipinski definition) is 4. The minimum atomic E-state index is -0.390. The van der Waals surface area contributed by atoms with E-state index in [4.69, 9.17) is 4.74 Å². The topological polar surface area (TPSA) is 41.5 Å². The van der Waals surface area contributed by atoms with Crippen LogP contribution in [0.3, 0.4) is 0 Å². The fraction of sp³-hybridized carbons (Fsp3) is 1.00. The first-order valence-electron chi connectivity index (χ1n) is 8.07. The average Bonchev–Trinajstić information content (AvgIpc) is 2.42. The van der Waals surface area contributed by atoms with Gasteiger partial charge in [-0.1, -0.05) is 20.3 Å². The summed E-state index contributed by atoms with van der Waals surface area (Å²) in [5.74, 6) is 0.644. The molecule has 0 saturated heterocycles. The van der Waals surface area contributed by atoms with Crippen LogP contribution < -0.4 is 5.32 Å². The Bertz CT molecular complexity index is 251. The Morgan fingerprint density at radius 1 is 1.30 bits per heavy atom. The Hall–Kier alpha value is 0.230. The first kappa shape index (κ1) is 18.3. The Labute approximate surface area is 129 Å². The molecule has 0 aromatic rings. The highest BCUT2D eigenvalue weighted by molar-refractivity contribution is 7.99. The summed E-state index contributed by atoms with van der Waals surface area (Å²) in [6.45, 7) is 7.58. The second kappa shape index (κ2) is 10.0. The van der Waals surface area contributed by atoms with E-state index in [0.717, 1.165) is 11.7 Å². The number of ether oxygens (including phenoxy) is 1. The van der Waals surface area contributed by atoms with Gasteiger partial charge in [0.25, 0.3) is 0 Å². The van der Waals surface area contributed by atoms with Crippen LogP contribution in [0, 0.1) is 5.92 Å². The van der Waals surface area contributed by atoms with Crippen LogP contribution in [-0.4, -0.2) is 48.0 Å². The van der Waals surface area contributed by atoms with E-state index in [2.05, 4.69) is 32.3 Å². The molecule has 1 aliphatic carbocycles. The summed E-state index contributed by atoms with van der Waals surface area (Å²) in [7, 11) is 0. The van der Waals surface area contributed by atoms with Crippen LogP contribution >= 0.6 is 11.8 Å². The van der Waals surface area contributed by atoms with Crippen molar-refractivity contribution < 1.29 is 9.84 Å². The first-order chi connectivity index (χ1) is 9.51. The SMILES string of the molecule is CSC1CCCC(NCC(O)COC(C)CC(C)C)C1. The lowest BCUT2D eigenvalue weighted by Crippen LogP contribution is -2.41. The molecule has 1 rings (SSSR count). The van der Waals surface area contributed by atoms with Crippen LogP contribution in [0.1, 0.15) is 52.9 Å². The zero-order chi connectivity index (χ0) is 15.0. The van der Waals surface area contributed by atoms with Crippen molar-refractivity contribution in [3.8, 4) is 0 Å². The lowest BCUT2D eigenvalue weighted by atomic mass is 9.95. The van der Waals surface area contributed by atoms with Gasteiger partial charge in [-0.3, -0.25) is 0 Å². The molecule has 4 heteroatoms. The number of rotatable bonds is 9. The molecule has 0 bridgehead atoms. The quantitative estimate of drug-likeness (QED) is 0.687. The van der Waals surface area contributed by atoms with Crippen molar-refractivity contribution in [1.82, 2.24) is 5.32 Å². The van der Waals surface area contributed by atoms with Crippen LogP contribution in [0.2, 0.25) is 0 Å². The second-order valence-corrected chi connectivity index (χ2v) is 7.69. The third-order valence-corrected chi connectivity index (χ3v) is 5.07. The molecule has 0 amide bonds. The molecule has 1 saturated carbocycles. The average molecular weight is 304 g/mol. The number of thioether (sulfide) groups is 1. The van der Waals surface area contributed by atoms with Crippen molar-refractivity contribution in [2.24, 2.45) is 5.92 Å². The molecule has 0 heterocycles. The Morgan fingerprint density at radius 2 is 2.05 bits per heavy atom. The van der Waals surface area contributed by atoms with Gasteiger partial charge in [0, 0.05) is 17.8 Å². The van der Waals surface area contributed by atoms with Crippen molar-refractivity contribution in [3.63, 3.8) is 0 Å². The summed E-state index contributed by atoms with van der Waals surface area (Å²) < 4.78 is 5.70. The van der Waals surface area contributed by atoms with Gasteiger partial charge < -0.3 is 15.2 Å². The maximum atomic E-state index is 9.99. The minimum Gasteiger partial charge on any atom is -0.389 e. The Kier molecular flexibility index (Phi) is 9.18. The number of aliphatic hydroxyl groups is 1. The van der Waals surface area contributed by atoms with Crippen molar-refractivity contribution in [1.29, 1.82) is 0 Å². The maximum absolute atomic E-state index is 9.99. The third-order valence-electron chi connectivity index (χ3n) is 3.98. The third kappa shape index (κ3) is 7.87. The smallest absolute Gasteiger partial charge is 0.0897 e. The highest BCUT2D eigenvalue weighted by Gasteiger charge is 2.21. The monoisotopic (exact) mass is 303 g/mol. The minimum absolute atomic E-state index is 0.236. The molecule has 0 aromatic heterocycles. The molecule has 0 aliphatic heterocycles. The van der Waals surface area contributed by atoms with E-state index in [1.807, 2.05) is 11.8 Å². The van der Waals surface area contributed by atoms with Crippen molar-refractivity contribution in [2.75, 3.05) is 19.4 Å². The Morgan fingerprint density at radius 3 is 2.70 bits per heavy atom. The highest BCUT2D eigenvalue weighted by atomic mass is 32.2. The van der Waals surface area contributed by atoms with Crippen molar-refractivity contribution >= 4 is 11.8 Å². The predicted octanol–water partition coefficient (Wildman–Crippen LogP) is 3.06. The molecule has 1 fully saturated rings. The zero-order valence-corrected chi connectivity index (χ0v) is 14.4. The van der Waals surface area contributed by atoms with E-state index in [9.17, 15) is 5.11 Å². The van der Waals surface area contributed by atoms with Gasteiger partial charge in [-0.05, 0) is 44.8 Å². The van der Waals surface area contributed by atoms with E-state index < -0.39 is 0 Å². The number of nitrogens with one attached hydrogen (secondary N) is 1. The van der Waals surface area contributed by atoms with Gasteiger partial charge in [0.2, 0.25) is 0 Å². The summed E-state index contributed by atoms with van der Waals surface area (Å²) in [6, 6.07) is 0.573. The first-order valence-corrected chi connectivity index (χ1v) is 9.35. The molecule has 0 aromatic carbocycles. The molecule has 20 heavy (non-hydrogen) atoms. The summed E-state index contributed by atoms with van der Waals surface area (Å²) in [4.78, 5) is 0. The van der Waals surface area contributed by atoms with Gasteiger partial charge in [-0.2, -0.15) is 11.8 Å². The van der Waals surface area contributed by atoms with Gasteiger partial charge in [0.15, 0.2) is 0 Å². The van der Waals surface area contributed by atoms with Gasteiger partial charge in [0.1, 0.15) is 0 Å². The number of aliphatic hydroxyl groups excluding tert-OH is 1. The van der Waals surface area contributed by atoms with E-state index in [-0.39, 0.29) is 12.2 Å². The van der Waals surface area contributed by atoms with E-state index in [0.29, 0.717) is 25.1 Å². The molecule has 4 atom stereocenters. The van der Waals surface area contributed by atoms with Crippen LogP contribution in [0.15, 0.2) is 0 Å². The van der Waals surface area contributed by atoms with Crippen LogP contribution in [0.5, 0.6) is 0 Å². The summed E-state index contributed by atoms with van der Waals surface area (Å²) in [5.41, 5.74) is 0. The van der Waals surface area contributed by atoms with Crippen molar-refractivity contribution in [2.45, 2.75) is 76.4 Å². The molecule has 4 unspecified atom stereocenters. The van der Waals surface area contributed by atoms with Gasteiger partial charge in [0.05, 0.1) is 18.8 Å². The molecule has 120 valence electrons. The lowest BCUT2D eigenvalue weighted by molar-refractivity contribution is -0.00955. The van der Waals surface area contributed by atoms with Crippen LogP contribution in [0.4, 0.5) is 0 Å². The predicted molar refractivity (Wildman–Crippen MR) is 88.4 cm³/mol. The molecular formula is C16H33NO2S. The second-order valence-electron chi connectivity index (χ2n) is 6.56. The van der Waals surface area contributed by atoms with Crippen LogP contribution in [0.25, 0.3) is 0 Å². The molecule has 0 spiro atoms. The summed E-state index contributed by atoms with van der Waals surface area (Å²) >= 11 is 1.98. The Balaban J connectivity index is 2.11. The largest absolute Gasteiger partial charge is 0.389 e. The normalized spacial score (nSPS) is 26.7. The van der Waals surface area contributed by atoms with Gasteiger partial charge in [-0.15, -0.1) is 0 Å². The van der Waals surface area contributed by atoms with Gasteiger partial charge >= 0.3 is 0 Å². The number of hydrogen-bond donors (Lipinski definition) is 2. The fourth-order valence-electron chi connectivity index (χ4n) is 2.91. The molecule has 0 radical (unpaired) electrons. The molecular weight excluding hydrogens is 270 g/mol. The summed E-state index contributed by atoms with van der Waals surface area (Å²) in [6.07, 6.45) is 8.23. The molecule has 3 nitrogen and oxygen atoms in total. The standard InChI is InChI=1S/C16H33NO2S/c1-12(2)8-13(3)19-11-15(18)10-17-14-6-5-7-16(9-14)20-4/h12-18H,5-11H2,1-4H3. The van der Waals surface area contributed by atoms with E-state index in [1.54, 1.807) is 0 Å². The molecule has 2 N–H and O–H groups in total.